The predicted molar refractivity (Wildman–Crippen MR) is 110 cm³/mol. The zero-order chi connectivity index (χ0) is 22.0. The van der Waals surface area contributed by atoms with Crippen molar-refractivity contribution < 1.29 is 18.9 Å². The molecule has 0 bridgehead atoms. The number of halogens is 1. The summed E-state index contributed by atoms with van der Waals surface area (Å²) >= 11 is 0. The quantitative estimate of drug-likeness (QED) is 0.373. The number of benzene rings is 2. The average molecular weight is 418 g/mol. The van der Waals surface area contributed by atoms with Gasteiger partial charge in [-0.2, -0.15) is 0 Å². The molecule has 4 rings (SSSR count). The molecule has 2 amide bonds. The molecule has 2 aromatic carbocycles. The number of carbonyl (C=O) groups is 2. The number of hydrogen-bond acceptors (Lipinski definition) is 6. The van der Waals surface area contributed by atoms with E-state index in [9.17, 15) is 24.1 Å². The zero-order valence-corrected chi connectivity index (χ0v) is 16.0. The largest absolute Gasteiger partial charge is 0.350 e. The zero-order valence-electron chi connectivity index (χ0n) is 16.0. The van der Waals surface area contributed by atoms with E-state index < -0.39 is 22.6 Å². The molecule has 0 radical (unpaired) electrons. The van der Waals surface area contributed by atoms with Gasteiger partial charge in [0, 0.05) is 30.2 Å². The molecule has 2 heterocycles. The van der Waals surface area contributed by atoms with Crippen molar-refractivity contribution in [2.75, 3.05) is 5.32 Å². The van der Waals surface area contributed by atoms with Crippen molar-refractivity contribution in [3.63, 3.8) is 0 Å². The van der Waals surface area contributed by atoms with Crippen LogP contribution in [0.1, 0.15) is 11.1 Å². The third kappa shape index (κ3) is 4.01. The molecule has 0 atom stereocenters. The minimum absolute atomic E-state index is 0.00365. The Morgan fingerprint density at radius 1 is 1.03 bits per heavy atom. The maximum Gasteiger partial charge on any atom is 0.278 e. The Hall–Kier alpha value is -4.40. The van der Waals surface area contributed by atoms with Crippen LogP contribution < -0.4 is 5.32 Å². The molecule has 0 aliphatic carbocycles. The SMILES string of the molecule is O=C1C(Nc2cccc(F)c2)=C(c2ccc([N+](=O)[O-])cc2)C(=O)N1Cc1cccnc1. The van der Waals surface area contributed by atoms with Crippen LogP contribution in [0.2, 0.25) is 0 Å². The summed E-state index contributed by atoms with van der Waals surface area (Å²) < 4.78 is 13.6. The van der Waals surface area contributed by atoms with E-state index in [0.29, 0.717) is 16.8 Å². The molecule has 31 heavy (non-hydrogen) atoms. The third-order valence-corrected chi connectivity index (χ3v) is 4.69. The van der Waals surface area contributed by atoms with E-state index in [0.717, 1.165) is 4.90 Å². The van der Waals surface area contributed by atoms with Gasteiger partial charge in [0.25, 0.3) is 17.5 Å². The van der Waals surface area contributed by atoms with E-state index in [1.54, 1.807) is 30.6 Å². The van der Waals surface area contributed by atoms with Crippen molar-refractivity contribution in [1.82, 2.24) is 9.88 Å². The molecule has 1 aliphatic heterocycles. The first-order chi connectivity index (χ1) is 14.9. The Balaban J connectivity index is 1.75. The molecular weight excluding hydrogens is 403 g/mol. The normalized spacial score (nSPS) is 13.6. The van der Waals surface area contributed by atoms with Gasteiger partial charge in [0.15, 0.2) is 0 Å². The second-order valence-corrected chi connectivity index (χ2v) is 6.75. The molecule has 9 heteroatoms. The minimum Gasteiger partial charge on any atom is -0.350 e. The standard InChI is InChI=1S/C22H15FN4O4/c23-16-4-1-5-17(11-16)25-20-19(15-6-8-18(9-7-15)27(30)31)21(28)26(22(20)29)13-14-3-2-10-24-12-14/h1-12,25H,13H2. The van der Waals surface area contributed by atoms with E-state index in [-0.39, 0.29) is 23.5 Å². The molecular formula is C22H15FN4O4. The topological polar surface area (TPSA) is 105 Å². The maximum atomic E-state index is 13.6. The fourth-order valence-electron chi connectivity index (χ4n) is 3.24. The van der Waals surface area contributed by atoms with Crippen LogP contribution in [-0.2, 0) is 16.1 Å². The van der Waals surface area contributed by atoms with Gasteiger partial charge < -0.3 is 5.32 Å². The van der Waals surface area contributed by atoms with Gasteiger partial charge >= 0.3 is 0 Å². The molecule has 1 aromatic heterocycles. The Kier molecular flexibility index (Phi) is 5.23. The first kappa shape index (κ1) is 19.9. The molecule has 0 fully saturated rings. The first-order valence-corrected chi connectivity index (χ1v) is 9.21. The summed E-state index contributed by atoms with van der Waals surface area (Å²) in [5, 5.41) is 13.8. The number of non-ortho nitro benzene ring substituents is 1. The number of nitrogens with one attached hydrogen (secondary N) is 1. The van der Waals surface area contributed by atoms with Crippen LogP contribution in [0.15, 0.2) is 78.8 Å². The van der Waals surface area contributed by atoms with Crippen LogP contribution in [-0.4, -0.2) is 26.6 Å². The molecule has 8 nitrogen and oxygen atoms in total. The Labute approximate surface area is 175 Å². The molecule has 154 valence electrons. The van der Waals surface area contributed by atoms with Crippen molar-refractivity contribution >= 4 is 28.8 Å². The second-order valence-electron chi connectivity index (χ2n) is 6.75. The van der Waals surface area contributed by atoms with Gasteiger partial charge in [-0.3, -0.25) is 29.6 Å². The summed E-state index contributed by atoms with van der Waals surface area (Å²) in [6.07, 6.45) is 3.12. The highest BCUT2D eigenvalue weighted by atomic mass is 19.1. The van der Waals surface area contributed by atoms with E-state index >= 15 is 0 Å². The van der Waals surface area contributed by atoms with Crippen LogP contribution >= 0.6 is 0 Å². The van der Waals surface area contributed by atoms with Crippen LogP contribution in [0.5, 0.6) is 0 Å². The van der Waals surface area contributed by atoms with Gasteiger partial charge in [0.2, 0.25) is 0 Å². The van der Waals surface area contributed by atoms with Gasteiger partial charge in [0.1, 0.15) is 11.5 Å². The van der Waals surface area contributed by atoms with E-state index in [2.05, 4.69) is 10.3 Å². The summed E-state index contributed by atoms with van der Waals surface area (Å²) in [5.41, 5.74) is 1.14. The van der Waals surface area contributed by atoms with Crippen LogP contribution in [0, 0.1) is 15.9 Å². The summed E-state index contributed by atoms with van der Waals surface area (Å²) in [6.45, 7) is -0.00365. The second kappa shape index (κ2) is 8.15. The lowest BCUT2D eigenvalue weighted by atomic mass is 10.0. The lowest BCUT2D eigenvalue weighted by Gasteiger charge is -2.15. The molecule has 0 saturated heterocycles. The van der Waals surface area contributed by atoms with E-state index in [1.807, 2.05) is 0 Å². The first-order valence-electron chi connectivity index (χ1n) is 9.21. The molecule has 0 unspecified atom stereocenters. The molecule has 1 N–H and O–H groups in total. The number of nitro benzene ring substituents is 1. The lowest BCUT2D eigenvalue weighted by Crippen LogP contribution is -2.32. The number of nitro groups is 1. The van der Waals surface area contributed by atoms with E-state index in [1.165, 1.54) is 42.5 Å². The van der Waals surface area contributed by atoms with Crippen LogP contribution in [0.3, 0.4) is 0 Å². The maximum absolute atomic E-state index is 13.6. The highest BCUT2D eigenvalue weighted by Gasteiger charge is 2.39. The van der Waals surface area contributed by atoms with Crippen molar-refractivity contribution in [1.29, 1.82) is 0 Å². The van der Waals surface area contributed by atoms with Crippen molar-refractivity contribution in [3.05, 3.63) is 106 Å². The van der Waals surface area contributed by atoms with Gasteiger partial charge in [-0.25, -0.2) is 4.39 Å². The monoisotopic (exact) mass is 418 g/mol. The molecule has 0 spiro atoms. The summed E-state index contributed by atoms with van der Waals surface area (Å²) in [7, 11) is 0. The average Bonchev–Trinajstić information content (AvgIpc) is 2.99. The van der Waals surface area contributed by atoms with Gasteiger partial charge in [-0.05, 0) is 47.5 Å². The number of hydrogen-bond donors (Lipinski definition) is 1. The van der Waals surface area contributed by atoms with Gasteiger partial charge in [-0.15, -0.1) is 0 Å². The number of rotatable bonds is 6. The van der Waals surface area contributed by atoms with Crippen LogP contribution in [0.4, 0.5) is 15.8 Å². The fourth-order valence-corrected chi connectivity index (χ4v) is 3.24. The fraction of sp³-hybridized carbons (Fsp3) is 0.0455. The minimum atomic E-state index is -0.591. The molecule has 3 aromatic rings. The van der Waals surface area contributed by atoms with Crippen molar-refractivity contribution in [2.45, 2.75) is 6.54 Å². The number of nitrogens with zero attached hydrogens (tertiary/aromatic N) is 3. The summed E-state index contributed by atoms with van der Waals surface area (Å²) in [5.74, 6) is -1.67. The highest BCUT2D eigenvalue weighted by molar-refractivity contribution is 6.36. The Bertz CT molecular complexity index is 1210. The number of anilines is 1. The number of pyridine rings is 1. The predicted octanol–water partition coefficient (Wildman–Crippen LogP) is 3.52. The molecule has 0 saturated carbocycles. The lowest BCUT2D eigenvalue weighted by molar-refractivity contribution is -0.384. The Morgan fingerprint density at radius 2 is 1.81 bits per heavy atom. The van der Waals surface area contributed by atoms with Crippen LogP contribution in [0.25, 0.3) is 5.57 Å². The van der Waals surface area contributed by atoms with Crippen molar-refractivity contribution in [2.24, 2.45) is 0 Å². The summed E-state index contributed by atoms with van der Waals surface area (Å²) in [4.78, 5) is 41.8. The number of imide groups is 1. The number of amides is 2. The van der Waals surface area contributed by atoms with Gasteiger partial charge in [-0.1, -0.05) is 12.1 Å². The third-order valence-electron chi connectivity index (χ3n) is 4.69. The molecule has 1 aliphatic rings. The van der Waals surface area contributed by atoms with Gasteiger partial charge in [0.05, 0.1) is 17.0 Å². The Morgan fingerprint density at radius 3 is 2.45 bits per heavy atom. The summed E-state index contributed by atoms with van der Waals surface area (Å²) in [6, 6.07) is 14.2. The van der Waals surface area contributed by atoms with E-state index in [4.69, 9.17) is 0 Å². The number of aromatic nitrogens is 1. The van der Waals surface area contributed by atoms with Crippen molar-refractivity contribution in [3.8, 4) is 0 Å². The smallest absolute Gasteiger partial charge is 0.278 e. The number of carbonyl (C=O) groups excluding carboxylic acids is 2. The highest BCUT2D eigenvalue weighted by Crippen LogP contribution is 2.32.